The fourth-order valence-corrected chi connectivity index (χ4v) is 6.87. The number of aryl methyl sites for hydroxylation is 1. The maximum absolute atomic E-state index is 13.6. The van der Waals surface area contributed by atoms with E-state index in [1.165, 1.54) is 32.1 Å². The number of carbonyl (C=O) groups excluding carboxylic acids is 2. The summed E-state index contributed by atoms with van der Waals surface area (Å²) >= 11 is 0. The molecule has 2 aromatic heterocycles. The zero-order valence-corrected chi connectivity index (χ0v) is 28.8. The Bertz CT molecular complexity index is 1750. The predicted molar refractivity (Wildman–Crippen MR) is 189 cm³/mol. The number of carbonyl (C=O) groups is 2. The molecule has 1 atom stereocenters. The number of unbranched alkanes of at least 4 members (excludes halogenated alkanes) is 8. The Morgan fingerprint density at radius 3 is 2.42 bits per heavy atom. The molecule has 3 aromatic rings. The fraction of sp³-hybridized carbons (Fsp3) is 0.500. The Kier molecular flexibility index (Phi) is 12.0. The summed E-state index contributed by atoms with van der Waals surface area (Å²) in [5.74, 6) is -0.492. The summed E-state index contributed by atoms with van der Waals surface area (Å²) < 4.78 is 12.6. The van der Waals surface area contributed by atoms with Crippen molar-refractivity contribution in [1.29, 1.82) is 0 Å². The van der Waals surface area contributed by atoms with Crippen LogP contribution in [0.2, 0.25) is 0 Å². The first-order valence-corrected chi connectivity index (χ1v) is 18.0. The van der Waals surface area contributed by atoms with Crippen LogP contribution in [0.3, 0.4) is 0 Å². The smallest absolute Gasteiger partial charge is 0.343 e. The number of hydrogen-bond donors (Lipinski definition) is 1. The summed E-state index contributed by atoms with van der Waals surface area (Å²) in [7, 11) is 0. The lowest BCUT2D eigenvalue weighted by Crippen LogP contribution is -2.44. The van der Waals surface area contributed by atoms with E-state index in [1.54, 1.807) is 23.6 Å². The number of aromatic nitrogens is 2. The summed E-state index contributed by atoms with van der Waals surface area (Å²) in [5, 5.41) is 12.0. The average molecular weight is 655 g/mol. The van der Waals surface area contributed by atoms with Crippen molar-refractivity contribution >= 4 is 22.8 Å². The van der Waals surface area contributed by atoms with Crippen LogP contribution in [-0.2, 0) is 39.5 Å². The number of aliphatic hydroxyl groups is 1. The second kappa shape index (κ2) is 16.4. The molecule has 0 bridgehead atoms. The van der Waals surface area contributed by atoms with Crippen LogP contribution >= 0.6 is 0 Å². The quantitative estimate of drug-likeness (QED) is 0.0528. The third-order valence-corrected chi connectivity index (χ3v) is 9.69. The lowest BCUT2D eigenvalue weighted by Gasteiger charge is -2.31. The lowest BCUT2D eigenvalue weighted by atomic mass is 9.86. The van der Waals surface area contributed by atoms with Crippen molar-refractivity contribution in [3.63, 3.8) is 0 Å². The zero-order chi connectivity index (χ0) is 34.1. The molecule has 0 saturated carbocycles. The van der Waals surface area contributed by atoms with Gasteiger partial charge in [-0.15, -0.1) is 0 Å². The Balaban J connectivity index is 1.15. The number of allylic oxidation sites excluding steroid dienone is 4. The number of rotatable bonds is 17. The Morgan fingerprint density at radius 1 is 0.958 bits per heavy atom. The number of benzene rings is 1. The van der Waals surface area contributed by atoms with E-state index in [0.29, 0.717) is 47.7 Å². The predicted octanol–water partition coefficient (Wildman–Crippen LogP) is 8.36. The van der Waals surface area contributed by atoms with Gasteiger partial charge in [-0.1, -0.05) is 77.2 Å². The summed E-state index contributed by atoms with van der Waals surface area (Å²) in [4.78, 5) is 43.7. The van der Waals surface area contributed by atoms with E-state index in [-0.39, 0.29) is 24.6 Å². The standard InChI is InChI=1S/C40H50N2O6/c1-4-7-8-9-10-11-12-13-14-15-16-17-18-19-20-21-36(43)48-28-22-23-34-30(24-28)29(5-2)31-26-42-35(37(31)41-34)25-33-32(38(42)44)27-47-39(45)40(33,46)6-3/h10-11,13-14,22-25,46H,4-9,12,15-21,26-27H2,1-3H3/b11-10+,14-13+/t40-/m0/s1. The molecule has 48 heavy (non-hydrogen) atoms. The minimum atomic E-state index is -1.86. The number of pyridine rings is 2. The van der Waals surface area contributed by atoms with Gasteiger partial charge >= 0.3 is 11.9 Å². The van der Waals surface area contributed by atoms with Crippen LogP contribution in [0.25, 0.3) is 22.3 Å². The van der Waals surface area contributed by atoms with Crippen molar-refractivity contribution in [3.05, 3.63) is 81.2 Å². The van der Waals surface area contributed by atoms with Gasteiger partial charge in [-0.3, -0.25) is 9.59 Å². The van der Waals surface area contributed by atoms with E-state index in [9.17, 15) is 19.5 Å². The van der Waals surface area contributed by atoms with Crippen LogP contribution in [0.15, 0.2) is 53.4 Å². The number of nitrogens with zero attached hydrogens (tertiary/aromatic N) is 2. The lowest BCUT2D eigenvalue weighted by molar-refractivity contribution is -0.172. The average Bonchev–Trinajstić information content (AvgIpc) is 3.45. The molecule has 4 heterocycles. The highest BCUT2D eigenvalue weighted by molar-refractivity contribution is 5.90. The van der Waals surface area contributed by atoms with Gasteiger partial charge in [0, 0.05) is 22.9 Å². The van der Waals surface area contributed by atoms with Gasteiger partial charge in [0.05, 0.1) is 29.0 Å². The first-order chi connectivity index (χ1) is 23.3. The molecule has 8 nitrogen and oxygen atoms in total. The first kappa shape index (κ1) is 35.3. The van der Waals surface area contributed by atoms with E-state index < -0.39 is 11.6 Å². The second-order valence-electron chi connectivity index (χ2n) is 13.0. The van der Waals surface area contributed by atoms with Gasteiger partial charge in [0.15, 0.2) is 5.60 Å². The van der Waals surface area contributed by atoms with E-state index >= 15 is 0 Å². The van der Waals surface area contributed by atoms with E-state index in [4.69, 9.17) is 14.5 Å². The second-order valence-corrected chi connectivity index (χ2v) is 13.0. The van der Waals surface area contributed by atoms with Gasteiger partial charge in [0.2, 0.25) is 0 Å². The van der Waals surface area contributed by atoms with Crippen LogP contribution in [0.1, 0.15) is 126 Å². The SMILES string of the molecule is CCCCC/C=C/C/C=C/CCCCCCCC(=O)Oc1ccc2nc3c(c(CC)c2c1)Cn1c-3cc2c(c1=O)COC(=O)[C@]2(O)CC. The number of fused-ring (bicyclic) bond motifs is 5. The highest BCUT2D eigenvalue weighted by Crippen LogP contribution is 2.40. The summed E-state index contributed by atoms with van der Waals surface area (Å²) in [6, 6.07) is 7.20. The third kappa shape index (κ3) is 7.64. The molecule has 1 aromatic carbocycles. The molecule has 0 amide bonds. The summed E-state index contributed by atoms with van der Waals surface area (Å²) in [5.41, 5.74) is 2.38. The zero-order valence-electron chi connectivity index (χ0n) is 28.8. The molecular weight excluding hydrogens is 604 g/mol. The maximum atomic E-state index is 13.6. The van der Waals surface area contributed by atoms with E-state index in [0.717, 1.165) is 60.6 Å². The van der Waals surface area contributed by atoms with Crippen molar-refractivity contribution in [3.8, 4) is 17.1 Å². The molecule has 5 rings (SSSR count). The Hall–Kier alpha value is -4.04. The molecule has 0 saturated heterocycles. The topological polar surface area (TPSA) is 108 Å². The molecule has 0 radical (unpaired) electrons. The minimum absolute atomic E-state index is 0.0943. The number of cyclic esters (lactones) is 1. The Labute approximate surface area is 283 Å². The van der Waals surface area contributed by atoms with E-state index in [2.05, 4.69) is 38.2 Å². The molecular formula is C40H50N2O6. The molecule has 256 valence electrons. The summed E-state index contributed by atoms with van der Waals surface area (Å²) in [6.07, 6.45) is 22.7. The first-order valence-electron chi connectivity index (χ1n) is 18.0. The van der Waals surface area contributed by atoms with Crippen molar-refractivity contribution in [2.24, 2.45) is 0 Å². The van der Waals surface area contributed by atoms with Crippen molar-refractivity contribution in [2.45, 2.75) is 129 Å². The number of hydrogen-bond acceptors (Lipinski definition) is 7. The molecule has 0 spiro atoms. The van der Waals surface area contributed by atoms with Crippen LogP contribution in [0, 0.1) is 0 Å². The maximum Gasteiger partial charge on any atom is 0.343 e. The van der Waals surface area contributed by atoms with Gasteiger partial charge in [-0.2, -0.15) is 0 Å². The van der Waals surface area contributed by atoms with Crippen molar-refractivity contribution in [1.82, 2.24) is 9.55 Å². The monoisotopic (exact) mass is 654 g/mol. The van der Waals surface area contributed by atoms with Gasteiger partial charge in [0.1, 0.15) is 12.4 Å². The van der Waals surface area contributed by atoms with Gasteiger partial charge in [-0.05, 0) is 81.2 Å². The molecule has 2 aliphatic rings. The van der Waals surface area contributed by atoms with Gasteiger partial charge in [-0.25, -0.2) is 9.78 Å². The molecule has 2 aliphatic heterocycles. The minimum Gasteiger partial charge on any atom is -0.458 e. The van der Waals surface area contributed by atoms with E-state index in [1.807, 2.05) is 12.1 Å². The Morgan fingerprint density at radius 2 is 1.69 bits per heavy atom. The summed E-state index contributed by atoms with van der Waals surface area (Å²) in [6.45, 7) is 6.15. The van der Waals surface area contributed by atoms with Crippen LogP contribution in [-0.4, -0.2) is 26.6 Å². The highest BCUT2D eigenvalue weighted by Gasteiger charge is 2.45. The number of esters is 2. The van der Waals surface area contributed by atoms with Crippen LogP contribution in [0.5, 0.6) is 5.75 Å². The van der Waals surface area contributed by atoms with Crippen LogP contribution in [0.4, 0.5) is 0 Å². The van der Waals surface area contributed by atoms with Gasteiger partial charge < -0.3 is 19.1 Å². The fourth-order valence-electron chi connectivity index (χ4n) is 6.87. The molecule has 1 N–H and O–H groups in total. The van der Waals surface area contributed by atoms with Crippen molar-refractivity contribution < 1.29 is 24.2 Å². The molecule has 0 aliphatic carbocycles. The molecule has 0 fully saturated rings. The molecule has 8 heteroatoms. The normalized spacial score (nSPS) is 16.8. The van der Waals surface area contributed by atoms with Crippen LogP contribution < -0.4 is 10.3 Å². The largest absolute Gasteiger partial charge is 0.458 e. The third-order valence-electron chi connectivity index (χ3n) is 9.69. The van der Waals surface area contributed by atoms with Crippen molar-refractivity contribution in [2.75, 3.05) is 0 Å². The molecule has 0 unspecified atom stereocenters. The highest BCUT2D eigenvalue weighted by atomic mass is 16.6. The van der Waals surface area contributed by atoms with Gasteiger partial charge in [0.25, 0.3) is 5.56 Å². The number of ether oxygens (including phenoxy) is 2.